The van der Waals surface area contributed by atoms with Crippen molar-refractivity contribution in [2.24, 2.45) is 5.10 Å². The first-order valence-electron chi connectivity index (χ1n) is 11.1. The van der Waals surface area contributed by atoms with Gasteiger partial charge in [-0.2, -0.15) is 18.3 Å². The van der Waals surface area contributed by atoms with Gasteiger partial charge < -0.3 is 15.0 Å². The number of aromatic nitrogens is 2. The van der Waals surface area contributed by atoms with E-state index in [0.29, 0.717) is 50.1 Å². The molecule has 1 unspecified atom stereocenters. The van der Waals surface area contributed by atoms with Crippen molar-refractivity contribution in [2.45, 2.75) is 56.9 Å². The monoisotopic (exact) mass is 500 g/mol. The Morgan fingerprint density at radius 2 is 1.86 bits per heavy atom. The number of amides is 1. The summed E-state index contributed by atoms with van der Waals surface area (Å²) in [6.07, 6.45) is -1.31. The number of allylic oxidation sites excluding steroid dienone is 1. The van der Waals surface area contributed by atoms with Crippen LogP contribution in [0.3, 0.4) is 0 Å². The molecular formula is C22H25F5N6O2. The van der Waals surface area contributed by atoms with Crippen molar-refractivity contribution in [3.8, 4) is 0 Å². The van der Waals surface area contributed by atoms with Crippen molar-refractivity contribution in [2.75, 3.05) is 24.6 Å². The van der Waals surface area contributed by atoms with Gasteiger partial charge in [-0.25, -0.2) is 18.7 Å². The normalized spacial score (nSPS) is 21.5. The average molecular weight is 500 g/mol. The molecule has 0 spiro atoms. The molecule has 1 saturated carbocycles. The summed E-state index contributed by atoms with van der Waals surface area (Å²) in [6, 6.07) is -0.502. The number of nitrogens with zero attached hydrogens (tertiary/aromatic N) is 4. The Kier molecular flexibility index (Phi) is 6.80. The summed E-state index contributed by atoms with van der Waals surface area (Å²) in [7, 11) is 0. The first kappa shape index (κ1) is 25.0. The van der Waals surface area contributed by atoms with E-state index in [1.54, 1.807) is 4.90 Å². The summed E-state index contributed by atoms with van der Waals surface area (Å²) in [6.45, 7) is 5.14. The van der Waals surface area contributed by atoms with E-state index in [1.165, 1.54) is 0 Å². The third-order valence-electron chi connectivity index (χ3n) is 6.15. The first-order chi connectivity index (χ1) is 16.4. The summed E-state index contributed by atoms with van der Waals surface area (Å²) in [4.78, 5) is 21.8. The van der Waals surface area contributed by atoms with Gasteiger partial charge in [0.2, 0.25) is 11.9 Å². The topological polar surface area (TPSA) is 91.7 Å². The second kappa shape index (κ2) is 9.51. The fourth-order valence-electron chi connectivity index (χ4n) is 4.48. The second-order valence-electron chi connectivity index (χ2n) is 8.76. The number of fused-ring (bicyclic) bond motifs is 1. The summed E-state index contributed by atoms with van der Waals surface area (Å²) in [5.41, 5.74) is 2.28. The van der Waals surface area contributed by atoms with Crippen LogP contribution in [0.25, 0.3) is 0 Å². The molecule has 1 aliphatic carbocycles. The third-order valence-corrected chi connectivity index (χ3v) is 6.15. The number of ether oxygens (including phenoxy) is 1. The van der Waals surface area contributed by atoms with Crippen molar-refractivity contribution in [1.82, 2.24) is 20.7 Å². The number of piperidine rings is 1. The van der Waals surface area contributed by atoms with E-state index in [0.717, 1.165) is 19.3 Å². The number of halogens is 5. The summed E-state index contributed by atoms with van der Waals surface area (Å²) < 4.78 is 71.8. The molecule has 2 aliphatic heterocycles. The van der Waals surface area contributed by atoms with E-state index >= 15 is 0 Å². The molecule has 0 bridgehead atoms. The van der Waals surface area contributed by atoms with Gasteiger partial charge in [0.1, 0.15) is 6.61 Å². The van der Waals surface area contributed by atoms with Gasteiger partial charge in [0.05, 0.1) is 34.7 Å². The molecule has 2 fully saturated rings. The van der Waals surface area contributed by atoms with Gasteiger partial charge in [0, 0.05) is 32.4 Å². The largest absolute Gasteiger partial charge is 0.419 e. The molecule has 3 heterocycles. The molecule has 1 amide bonds. The lowest BCUT2D eigenvalue weighted by Crippen LogP contribution is -2.43. The second-order valence-corrected chi connectivity index (χ2v) is 8.76. The molecule has 1 saturated heterocycles. The molecule has 0 radical (unpaired) electrons. The minimum absolute atomic E-state index is 0.0552. The highest BCUT2D eigenvalue weighted by atomic mass is 19.4. The number of alkyl halides is 5. The first-order valence-corrected chi connectivity index (χ1v) is 11.1. The zero-order chi connectivity index (χ0) is 25.4. The zero-order valence-electron chi connectivity index (χ0n) is 19.0. The van der Waals surface area contributed by atoms with Crippen LogP contribution in [0.4, 0.5) is 27.9 Å². The number of carbonyl (C=O) groups is 1. The van der Waals surface area contributed by atoms with Crippen LogP contribution in [-0.2, 0) is 15.7 Å². The number of rotatable bonds is 6. The van der Waals surface area contributed by atoms with Crippen LogP contribution in [0, 0.1) is 0 Å². The van der Waals surface area contributed by atoms with Crippen LogP contribution in [0.2, 0.25) is 0 Å². The lowest BCUT2D eigenvalue weighted by molar-refractivity contribution is -0.138. The standard InChI is InChI=1S/C22H25F5N6O2/c1-12-18(21(2,23)24)15-3-4-16(19(15)32-31-12)30-17(34)11-35-14-5-7-33(8-6-14)20-28-9-13(10-29-20)22(25,26)27/h9-10,14,16,31H,1,3-8,11H2,2H3,(H,30,34). The molecule has 190 valence electrons. The molecule has 35 heavy (non-hydrogen) atoms. The van der Waals surface area contributed by atoms with Crippen molar-refractivity contribution < 1.29 is 31.5 Å². The van der Waals surface area contributed by atoms with Crippen LogP contribution < -0.4 is 15.6 Å². The molecule has 13 heteroatoms. The Morgan fingerprint density at radius 1 is 1.20 bits per heavy atom. The van der Waals surface area contributed by atoms with Crippen LogP contribution in [0.1, 0.15) is 38.2 Å². The molecule has 2 N–H and O–H groups in total. The highest BCUT2D eigenvalue weighted by Crippen LogP contribution is 2.38. The van der Waals surface area contributed by atoms with Gasteiger partial charge in [0.15, 0.2) is 0 Å². The van der Waals surface area contributed by atoms with Crippen LogP contribution in [0.15, 0.2) is 40.9 Å². The van der Waals surface area contributed by atoms with E-state index in [-0.39, 0.29) is 35.8 Å². The fraction of sp³-hybridized carbons (Fsp3) is 0.545. The van der Waals surface area contributed by atoms with Crippen LogP contribution in [-0.4, -0.2) is 59.4 Å². The van der Waals surface area contributed by atoms with Crippen LogP contribution in [0.5, 0.6) is 0 Å². The number of hydrogen-bond acceptors (Lipinski definition) is 7. The molecule has 3 aliphatic rings. The predicted molar refractivity (Wildman–Crippen MR) is 117 cm³/mol. The van der Waals surface area contributed by atoms with Gasteiger partial charge in [-0.1, -0.05) is 6.58 Å². The maximum atomic E-state index is 14.0. The van der Waals surface area contributed by atoms with E-state index in [1.807, 2.05) is 0 Å². The Labute approximate surface area is 198 Å². The van der Waals surface area contributed by atoms with Gasteiger partial charge in [-0.15, -0.1) is 0 Å². The van der Waals surface area contributed by atoms with Crippen molar-refractivity contribution >= 4 is 17.6 Å². The molecule has 8 nitrogen and oxygen atoms in total. The van der Waals surface area contributed by atoms with Crippen LogP contribution >= 0.6 is 0 Å². The summed E-state index contributed by atoms with van der Waals surface area (Å²) in [5, 5.41) is 6.91. The van der Waals surface area contributed by atoms with E-state index < -0.39 is 23.7 Å². The number of hydrogen-bond donors (Lipinski definition) is 2. The Morgan fingerprint density at radius 3 is 2.46 bits per heavy atom. The van der Waals surface area contributed by atoms with Gasteiger partial charge in [0.25, 0.3) is 5.92 Å². The number of hydrazone groups is 1. The molecular weight excluding hydrogens is 475 g/mol. The maximum absolute atomic E-state index is 14.0. The van der Waals surface area contributed by atoms with Gasteiger partial charge >= 0.3 is 6.18 Å². The fourth-order valence-corrected chi connectivity index (χ4v) is 4.48. The summed E-state index contributed by atoms with van der Waals surface area (Å²) >= 11 is 0. The van der Waals surface area contributed by atoms with E-state index in [9.17, 15) is 26.7 Å². The number of nitrogens with one attached hydrogen (secondary N) is 2. The maximum Gasteiger partial charge on any atom is 0.419 e. The minimum atomic E-state index is -4.49. The van der Waals surface area contributed by atoms with E-state index in [2.05, 4.69) is 32.4 Å². The predicted octanol–water partition coefficient (Wildman–Crippen LogP) is 3.18. The highest BCUT2D eigenvalue weighted by molar-refractivity contribution is 6.09. The molecule has 1 aromatic heterocycles. The Hall–Kier alpha value is -3.09. The van der Waals surface area contributed by atoms with Crippen molar-refractivity contribution in [3.63, 3.8) is 0 Å². The Balaban J connectivity index is 1.25. The summed E-state index contributed by atoms with van der Waals surface area (Å²) in [5.74, 6) is -3.26. The molecule has 1 atom stereocenters. The smallest absolute Gasteiger partial charge is 0.368 e. The van der Waals surface area contributed by atoms with E-state index in [4.69, 9.17) is 4.74 Å². The highest BCUT2D eigenvalue weighted by Gasteiger charge is 2.41. The molecule has 1 aromatic rings. The minimum Gasteiger partial charge on any atom is -0.368 e. The van der Waals surface area contributed by atoms with Crippen molar-refractivity contribution in [1.29, 1.82) is 0 Å². The lowest BCUT2D eigenvalue weighted by Gasteiger charge is -2.31. The SMILES string of the molecule is C=C1NN=C2C(=C1C(C)(F)F)CCC2NC(=O)COC1CCN(c2ncc(C(F)(F)F)cn2)CC1. The number of carbonyl (C=O) groups excluding carboxylic acids is 1. The average Bonchev–Trinajstić information content (AvgIpc) is 3.18. The third kappa shape index (κ3) is 5.60. The van der Waals surface area contributed by atoms with Gasteiger partial charge in [-0.3, -0.25) is 10.2 Å². The van der Waals surface area contributed by atoms with Crippen molar-refractivity contribution in [3.05, 3.63) is 41.4 Å². The Bertz CT molecular complexity index is 1040. The lowest BCUT2D eigenvalue weighted by atomic mass is 9.96. The molecule has 0 aromatic carbocycles. The molecule has 4 rings (SSSR count). The number of anilines is 1. The zero-order valence-corrected chi connectivity index (χ0v) is 19.0. The quantitative estimate of drug-likeness (QED) is 0.583. The van der Waals surface area contributed by atoms with Gasteiger partial charge in [-0.05, 0) is 31.3 Å².